The van der Waals surface area contributed by atoms with Gasteiger partial charge in [0.1, 0.15) is 5.75 Å². The first-order valence-corrected chi connectivity index (χ1v) is 5.56. The van der Waals surface area contributed by atoms with Crippen molar-refractivity contribution in [3.8, 4) is 5.75 Å². The van der Waals surface area contributed by atoms with Gasteiger partial charge in [0, 0.05) is 5.56 Å². The van der Waals surface area contributed by atoms with E-state index < -0.39 is 0 Å². The van der Waals surface area contributed by atoms with Gasteiger partial charge in [-0.1, -0.05) is 29.8 Å². The Hall–Kier alpha value is -1.80. The number of benzene rings is 2. The second kappa shape index (κ2) is 4.60. The summed E-state index contributed by atoms with van der Waals surface area (Å²) < 4.78 is 0. The Balaban J connectivity index is 2.48. The smallest absolute Gasteiger partial charge is 0.198 e. The number of hydrogen-bond acceptors (Lipinski definition) is 2. The first kappa shape index (κ1) is 11.7. The number of hydrogen-bond donors (Lipinski definition) is 1. The Bertz CT molecular complexity index is 576. The van der Waals surface area contributed by atoms with Crippen molar-refractivity contribution in [2.45, 2.75) is 6.92 Å². The van der Waals surface area contributed by atoms with Gasteiger partial charge in [0.15, 0.2) is 5.78 Å². The largest absolute Gasteiger partial charge is 0.507 e. The fourth-order valence-electron chi connectivity index (χ4n) is 1.62. The Morgan fingerprint density at radius 3 is 2.47 bits per heavy atom. The second-order valence-electron chi connectivity index (χ2n) is 3.83. The molecule has 2 aromatic carbocycles. The maximum Gasteiger partial charge on any atom is 0.198 e. The van der Waals surface area contributed by atoms with E-state index in [-0.39, 0.29) is 17.1 Å². The van der Waals surface area contributed by atoms with E-state index in [1.807, 2.05) is 6.92 Å². The standard InChI is InChI=1S/C14H11ClO2/c1-9-6-7-11(13(16)8-9)14(17)10-4-2-3-5-12(10)15/h2-8,16H,1H3. The summed E-state index contributed by atoms with van der Waals surface area (Å²) in [5.41, 5.74) is 1.57. The van der Waals surface area contributed by atoms with E-state index in [2.05, 4.69) is 0 Å². The monoisotopic (exact) mass is 246 g/mol. The number of ketones is 1. The zero-order valence-corrected chi connectivity index (χ0v) is 10.0. The molecular weight excluding hydrogens is 236 g/mol. The summed E-state index contributed by atoms with van der Waals surface area (Å²) >= 11 is 5.95. The van der Waals surface area contributed by atoms with Gasteiger partial charge in [-0.3, -0.25) is 4.79 Å². The van der Waals surface area contributed by atoms with Crippen molar-refractivity contribution in [1.29, 1.82) is 0 Å². The van der Waals surface area contributed by atoms with Crippen molar-refractivity contribution in [1.82, 2.24) is 0 Å². The molecule has 86 valence electrons. The van der Waals surface area contributed by atoms with E-state index in [9.17, 15) is 9.90 Å². The van der Waals surface area contributed by atoms with Crippen LogP contribution in [0, 0.1) is 6.92 Å². The van der Waals surface area contributed by atoms with Gasteiger partial charge in [0.05, 0.1) is 10.6 Å². The zero-order chi connectivity index (χ0) is 12.4. The van der Waals surface area contributed by atoms with Gasteiger partial charge in [-0.05, 0) is 36.8 Å². The summed E-state index contributed by atoms with van der Waals surface area (Å²) in [5.74, 6) is -0.289. The van der Waals surface area contributed by atoms with Gasteiger partial charge in [0.2, 0.25) is 0 Å². The van der Waals surface area contributed by atoms with Crippen molar-refractivity contribution in [2.75, 3.05) is 0 Å². The third kappa shape index (κ3) is 2.32. The lowest BCUT2D eigenvalue weighted by Gasteiger charge is -2.06. The number of rotatable bonds is 2. The van der Waals surface area contributed by atoms with E-state index in [0.717, 1.165) is 5.56 Å². The van der Waals surface area contributed by atoms with E-state index in [0.29, 0.717) is 10.6 Å². The predicted octanol–water partition coefficient (Wildman–Crippen LogP) is 3.59. The Kier molecular flexibility index (Phi) is 3.16. The first-order chi connectivity index (χ1) is 8.09. The summed E-state index contributed by atoms with van der Waals surface area (Å²) in [4.78, 5) is 12.2. The molecule has 0 aromatic heterocycles. The molecule has 0 saturated heterocycles. The Labute approximate surface area is 104 Å². The normalized spacial score (nSPS) is 10.2. The highest BCUT2D eigenvalue weighted by molar-refractivity contribution is 6.35. The van der Waals surface area contributed by atoms with Crippen LogP contribution in [0.3, 0.4) is 0 Å². The molecule has 2 rings (SSSR count). The van der Waals surface area contributed by atoms with Crippen molar-refractivity contribution in [3.63, 3.8) is 0 Å². The van der Waals surface area contributed by atoms with Gasteiger partial charge in [-0.25, -0.2) is 0 Å². The highest BCUT2D eigenvalue weighted by Crippen LogP contribution is 2.25. The molecule has 3 heteroatoms. The zero-order valence-electron chi connectivity index (χ0n) is 9.27. The lowest BCUT2D eigenvalue weighted by Crippen LogP contribution is -2.02. The second-order valence-corrected chi connectivity index (χ2v) is 4.24. The molecule has 0 spiro atoms. The van der Waals surface area contributed by atoms with Crippen LogP contribution >= 0.6 is 11.6 Å². The molecule has 0 saturated carbocycles. The third-order valence-electron chi connectivity index (χ3n) is 2.52. The average Bonchev–Trinajstić information content (AvgIpc) is 2.29. The van der Waals surface area contributed by atoms with Crippen LogP contribution < -0.4 is 0 Å². The molecule has 17 heavy (non-hydrogen) atoms. The lowest BCUT2D eigenvalue weighted by atomic mass is 10.0. The molecule has 0 heterocycles. The van der Waals surface area contributed by atoms with Gasteiger partial charge >= 0.3 is 0 Å². The van der Waals surface area contributed by atoms with Crippen molar-refractivity contribution in [3.05, 3.63) is 64.2 Å². The number of carbonyl (C=O) groups is 1. The maximum atomic E-state index is 12.2. The summed E-state index contributed by atoms with van der Waals surface area (Å²) in [6.07, 6.45) is 0. The summed E-state index contributed by atoms with van der Waals surface area (Å²) in [7, 11) is 0. The number of phenolic OH excluding ortho intramolecular Hbond substituents is 1. The molecule has 2 nitrogen and oxygen atoms in total. The quantitative estimate of drug-likeness (QED) is 0.823. The fraction of sp³-hybridized carbons (Fsp3) is 0.0714. The topological polar surface area (TPSA) is 37.3 Å². The van der Waals surface area contributed by atoms with Gasteiger partial charge in [-0.2, -0.15) is 0 Å². The summed E-state index contributed by atoms with van der Waals surface area (Å²) in [6.45, 7) is 1.85. The number of aryl methyl sites for hydroxylation is 1. The number of halogens is 1. The molecule has 0 bridgehead atoms. The van der Waals surface area contributed by atoms with E-state index in [1.165, 1.54) is 0 Å². The number of aromatic hydroxyl groups is 1. The van der Waals surface area contributed by atoms with Crippen LogP contribution in [0.5, 0.6) is 5.75 Å². The van der Waals surface area contributed by atoms with E-state index >= 15 is 0 Å². The fourth-order valence-corrected chi connectivity index (χ4v) is 1.85. The summed E-state index contributed by atoms with van der Waals surface area (Å²) in [6, 6.07) is 11.7. The van der Waals surface area contributed by atoms with Crippen LogP contribution in [0.15, 0.2) is 42.5 Å². The molecule has 0 atom stereocenters. The van der Waals surface area contributed by atoms with Gasteiger partial charge in [0.25, 0.3) is 0 Å². The van der Waals surface area contributed by atoms with Gasteiger partial charge in [-0.15, -0.1) is 0 Å². The van der Waals surface area contributed by atoms with Crippen LogP contribution in [-0.2, 0) is 0 Å². The predicted molar refractivity (Wildman–Crippen MR) is 67.7 cm³/mol. The molecule has 0 fully saturated rings. The molecule has 1 N–H and O–H groups in total. The number of phenols is 1. The molecule has 0 unspecified atom stereocenters. The minimum atomic E-state index is -0.270. The molecular formula is C14H11ClO2. The highest BCUT2D eigenvalue weighted by Gasteiger charge is 2.15. The lowest BCUT2D eigenvalue weighted by molar-refractivity contribution is 0.103. The van der Waals surface area contributed by atoms with Crippen LogP contribution in [-0.4, -0.2) is 10.9 Å². The average molecular weight is 247 g/mol. The highest BCUT2D eigenvalue weighted by atomic mass is 35.5. The third-order valence-corrected chi connectivity index (χ3v) is 2.85. The van der Waals surface area contributed by atoms with Crippen LogP contribution in [0.2, 0.25) is 5.02 Å². The van der Waals surface area contributed by atoms with E-state index in [1.54, 1.807) is 42.5 Å². The molecule has 0 amide bonds. The SMILES string of the molecule is Cc1ccc(C(=O)c2ccccc2Cl)c(O)c1. The van der Waals surface area contributed by atoms with Crippen molar-refractivity contribution < 1.29 is 9.90 Å². The minimum absolute atomic E-state index is 0.0186. The molecule has 0 radical (unpaired) electrons. The molecule has 2 aromatic rings. The van der Waals surface area contributed by atoms with Crippen LogP contribution in [0.4, 0.5) is 0 Å². The molecule has 0 aliphatic rings. The van der Waals surface area contributed by atoms with Crippen molar-refractivity contribution >= 4 is 17.4 Å². The minimum Gasteiger partial charge on any atom is -0.507 e. The summed E-state index contributed by atoms with van der Waals surface area (Å²) in [5, 5.41) is 10.1. The van der Waals surface area contributed by atoms with Crippen LogP contribution in [0.25, 0.3) is 0 Å². The molecule has 0 aliphatic heterocycles. The Morgan fingerprint density at radius 2 is 1.82 bits per heavy atom. The first-order valence-electron chi connectivity index (χ1n) is 5.18. The van der Waals surface area contributed by atoms with Gasteiger partial charge < -0.3 is 5.11 Å². The number of carbonyl (C=O) groups excluding carboxylic acids is 1. The maximum absolute atomic E-state index is 12.2. The Morgan fingerprint density at radius 1 is 1.12 bits per heavy atom. The van der Waals surface area contributed by atoms with Crippen molar-refractivity contribution in [2.24, 2.45) is 0 Å². The van der Waals surface area contributed by atoms with E-state index in [4.69, 9.17) is 11.6 Å². The molecule has 0 aliphatic carbocycles. The van der Waals surface area contributed by atoms with Crippen LogP contribution in [0.1, 0.15) is 21.5 Å².